The third kappa shape index (κ3) is 5.15. The van der Waals surface area contributed by atoms with Crippen molar-refractivity contribution in [2.45, 2.75) is 33.1 Å². The molecule has 0 heterocycles. The van der Waals surface area contributed by atoms with Crippen LogP contribution >= 0.6 is 0 Å². The summed E-state index contributed by atoms with van der Waals surface area (Å²) >= 11 is 0. The van der Waals surface area contributed by atoms with Crippen LogP contribution in [0.2, 0.25) is 0 Å². The van der Waals surface area contributed by atoms with Crippen LogP contribution in [0.1, 0.15) is 52.6 Å². The third-order valence-electron chi connectivity index (χ3n) is 4.14. The Morgan fingerprint density at radius 3 is 1.88 bits per heavy atom. The van der Waals surface area contributed by atoms with Crippen LogP contribution in [-0.2, 0) is 5.41 Å². The van der Waals surface area contributed by atoms with E-state index in [1.165, 1.54) is 6.07 Å². The Balaban J connectivity index is 1.81. The van der Waals surface area contributed by atoms with Crippen LogP contribution in [0.4, 0.5) is 4.39 Å². The highest BCUT2D eigenvalue weighted by molar-refractivity contribution is 5.95. The highest BCUT2D eigenvalue weighted by atomic mass is 19.1. The van der Waals surface area contributed by atoms with Gasteiger partial charge in [0.25, 0.3) is 11.8 Å². The maximum Gasteiger partial charge on any atom is 0.251 e. The molecule has 0 saturated heterocycles. The summed E-state index contributed by atoms with van der Waals surface area (Å²) in [7, 11) is 0. The molecule has 0 aromatic heterocycles. The molecule has 2 N–H and O–H groups in total. The Morgan fingerprint density at radius 2 is 1.38 bits per heavy atom. The van der Waals surface area contributed by atoms with Crippen LogP contribution in [0.25, 0.3) is 0 Å². The summed E-state index contributed by atoms with van der Waals surface area (Å²) in [5, 5.41) is 5.42. The number of rotatable bonds is 5. The normalized spacial score (nSPS) is 11.1. The van der Waals surface area contributed by atoms with E-state index in [4.69, 9.17) is 0 Å². The monoisotopic (exact) mass is 356 g/mol. The first-order valence-corrected chi connectivity index (χ1v) is 8.61. The summed E-state index contributed by atoms with van der Waals surface area (Å²) in [5.74, 6) is -0.974. The van der Waals surface area contributed by atoms with E-state index in [1.807, 2.05) is 12.1 Å². The molecule has 0 atom stereocenters. The van der Waals surface area contributed by atoms with Gasteiger partial charge in [-0.3, -0.25) is 9.59 Å². The highest BCUT2D eigenvalue weighted by Gasteiger charge is 2.14. The SMILES string of the molecule is Cc1ccc(C(=O)NCCNC(=O)c2ccc(C(C)(C)C)cc2)cc1F. The maximum atomic E-state index is 13.5. The molecule has 0 saturated carbocycles. The predicted molar refractivity (Wildman–Crippen MR) is 101 cm³/mol. The second-order valence-corrected chi connectivity index (χ2v) is 7.30. The van der Waals surface area contributed by atoms with E-state index in [1.54, 1.807) is 31.2 Å². The van der Waals surface area contributed by atoms with Gasteiger partial charge in [0.05, 0.1) is 0 Å². The Kier molecular flexibility index (Phi) is 6.14. The van der Waals surface area contributed by atoms with Gasteiger partial charge in [-0.1, -0.05) is 39.0 Å². The Morgan fingerprint density at radius 1 is 0.885 bits per heavy atom. The van der Waals surface area contributed by atoms with Crippen molar-refractivity contribution in [1.82, 2.24) is 10.6 Å². The fourth-order valence-corrected chi connectivity index (χ4v) is 2.41. The van der Waals surface area contributed by atoms with Gasteiger partial charge in [-0.15, -0.1) is 0 Å². The quantitative estimate of drug-likeness (QED) is 0.805. The predicted octanol–water partition coefficient (Wildman–Crippen LogP) is 3.59. The van der Waals surface area contributed by atoms with Gasteiger partial charge in [0.1, 0.15) is 5.82 Å². The van der Waals surface area contributed by atoms with Crippen molar-refractivity contribution in [3.05, 3.63) is 70.5 Å². The fourth-order valence-electron chi connectivity index (χ4n) is 2.41. The molecule has 0 aliphatic heterocycles. The van der Waals surface area contributed by atoms with Crippen molar-refractivity contribution in [3.8, 4) is 0 Å². The minimum atomic E-state index is -0.412. The standard InChI is InChI=1S/C21H25FN2O2/c1-14-5-6-16(13-18(14)22)20(26)24-12-11-23-19(25)15-7-9-17(10-8-15)21(2,3)4/h5-10,13H,11-12H2,1-4H3,(H,23,25)(H,24,26). The maximum absolute atomic E-state index is 13.5. The zero-order valence-corrected chi connectivity index (χ0v) is 15.7. The van der Waals surface area contributed by atoms with Gasteiger partial charge in [0.2, 0.25) is 0 Å². The smallest absolute Gasteiger partial charge is 0.251 e. The molecule has 0 spiro atoms. The number of nitrogens with one attached hydrogen (secondary N) is 2. The van der Waals surface area contributed by atoms with Gasteiger partial charge in [-0.05, 0) is 47.7 Å². The molecule has 2 amide bonds. The second kappa shape index (κ2) is 8.13. The number of hydrogen-bond acceptors (Lipinski definition) is 2. The molecular weight excluding hydrogens is 331 g/mol. The van der Waals surface area contributed by atoms with Crippen molar-refractivity contribution < 1.29 is 14.0 Å². The van der Waals surface area contributed by atoms with Gasteiger partial charge in [0.15, 0.2) is 0 Å². The van der Waals surface area contributed by atoms with Crippen molar-refractivity contribution in [3.63, 3.8) is 0 Å². The summed E-state index contributed by atoms with van der Waals surface area (Å²) in [4.78, 5) is 24.1. The van der Waals surface area contributed by atoms with Crippen molar-refractivity contribution in [2.75, 3.05) is 13.1 Å². The van der Waals surface area contributed by atoms with Gasteiger partial charge in [-0.25, -0.2) is 4.39 Å². The number of benzene rings is 2. The molecule has 0 bridgehead atoms. The van der Waals surface area contributed by atoms with Crippen LogP contribution in [0.5, 0.6) is 0 Å². The van der Waals surface area contributed by atoms with Crippen LogP contribution < -0.4 is 10.6 Å². The molecule has 26 heavy (non-hydrogen) atoms. The average molecular weight is 356 g/mol. The lowest BCUT2D eigenvalue weighted by atomic mass is 9.87. The lowest BCUT2D eigenvalue weighted by Gasteiger charge is -2.19. The van der Waals surface area contributed by atoms with Crippen LogP contribution in [-0.4, -0.2) is 24.9 Å². The molecule has 2 aromatic rings. The van der Waals surface area contributed by atoms with Crippen molar-refractivity contribution in [1.29, 1.82) is 0 Å². The van der Waals surface area contributed by atoms with Gasteiger partial charge in [-0.2, -0.15) is 0 Å². The van der Waals surface area contributed by atoms with Crippen LogP contribution in [0, 0.1) is 12.7 Å². The number of halogens is 1. The molecule has 0 aliphatic rings. The number of hydrogen-bond donors (Lipinski definition) is 2. The van der Waals surface area contributed by atoms with Gasteiger partial charge in [0, 0.05) is 24.2 Å². The molecule has 4 nitrogen and oxygen atoms in total. The number of aryl methyl sites for hydroxylation is 1. The molecule has 2 aromatic carbocycles. The minimum Gasteiger partial charge on any atom is -0.350 e. The van der Waals surface area contributed by atoms with E-state index >= 15 is 0 Å². The number of carbonyl (C=O) groups excluding carboxylic acids is 2. The fraction of sp³-hybridized carbons (Fsp3) is 0.333. The Bertz CT molecular complexity index is 793. The molecule has 2 rings (SSSR count). The van der Waals surface area contributed by atoms with E-state index in [9.17, 15) is 14.0 Å². The average Bonchev–Trinajstić information content (AvgIpc) is 2.60. The van der Waals surface area contributed by atoms with Crippen LogP contribution in [0.3, 0.4) is 0 Å². The molecule has 5 heteroatoms. The molecule has 0 fully saturated rings. The van der Waals surface area contributed by atoms with E-state index in [-0.39, 0.29) is 29.3 Å². The molecular formula is C21H25FN2O2. The summed E-state index contributed by atoms with van der Waals surface area (Å²) in [6, 6.07) is 11.8. The Hall–Kier alpha value is -2.69. The van der Waals surface area contributed by atoms with E-state index in [2.05, 4.69) is 31.4 Å². The summed E-state index contributed by atoms with van der Waals surface area (Å²) in [5.41, 5.74) is 2.52. The van der Waals surface area contributed by atoms with E-state index < -0.39 is 5.82 Å². The second-order valence-electron chi connectivity index (χ2n) is 7.30. The largest absolute Gasteiger partial charge is 0.350 e. The molecule has 0 unspecified atom stereocenters. The minimum absolute atomic E-state index is 0.0364. The first kappa shape index (κ1) is 19.6. The topological polar surface area (TPSA) is 58.2 Å². The van der Waals surface area contributed by atoms with Crippen molar-refractivity contribution >= 4 is 11.8 Å². The Labute approximate surface area is 153 Å². The molecule has 0 aliphatic carbocycles. The molecule has 0 radical (unpaired) electrons. The van der Waals surface area contributed by atoms with Gasteiger partial charge >= 0.3 is 0 Å². The van der Waals surface area contributed by atoms with Gasteiger partial charge < -0.3 is 10.6 Å². The van der Waals surface area contributed by atoms with E-state index in [0.717, 1.165) is 5.56 Å². The summed E-state index contributed by atoms with van der Waals surface area (Å²) < 4.78 is 13.5. The first-order valence-electron chi connectivity index (χ1n) is 8.61. The van der Waals surface area contributed by atoms with Crippen LogP contribution in [0.15, 0.2) is 42.5 Å². The van der Waals surface area contributed by atoms with Crippen molar-refractivity contribution in [2.24, 2.45) is 0 Å². The lowest BCUT2D eigenvalue weighted by molar-refractivity contribution is 0.0927. The third-order valence-corrected chi connectivity index (χ3v) is 4.14. The number of amides is 2. The zero-order chi connectivity index (χ0) is 19.3. The summed E-state index contributed by atoms with van der Waals surface area (Å²) in [6.45, 7) is 8.54. The van der Waals surface area contributed by atoms with E-state index in [0.29, 0.717) is 17.7 Å². The number of carbonyl (C=O) groups is 2. The zero-order valence-electron chi connectivity index (χ0n) is 15.7. The first-order chi connectivity index (χ1) is 12.2. The summed E-state index contributed by atoms with van der Waals surface area (Å²) in [6.07, 6.45) is 0. The highest BCUT2D eigenvalue weighted by Crippen LogP contribution is 2.22. The lowest BCUT2D eigenvalue weighted by Crippen LogP contribution is -2.34. The molecule has 138 valence electrons.